The van der Waals surface area contributed by atoms with E-state index in [2.05, 4.69) is 20.2 Å². The van der Waals surface area contributed by atoms with E-state index in [4.69, 9.17) is 11.6 Å². The minimum atomic E-state index is -0.765. The van der Waals surface area contributed by atoms with Gasteiger partial charge in [0.2, 0.25) is 5.88 Å². The zero-order valence-electron chi connectivity index (χ0n) is 14.1. The van der Waals surface area contributed by atoms with Gasteiger partial charge in [-0.05, 0) is 12.1 Å². The number of hydrogen-bond acceptors (Lipinski definition) is 6. The molecule has 1 aliphatic rings. The van der Waals surface area contributed by atoms with E-state index in [9.17, 15) is 14.7 Å². The molecule has 3 N–H and O–H groups in total. The molecule has 0 atom stereocenters. The van der Waals surface area contributed by atoms with Gasteiger partial charge in [-0.3, -0.25) is 19.7 Å². The van der Waals surface area contributed by atoms with Gasteiger partial charge in [-0.1, -0.05) is 23.7 Å². The molecule has 2 aromatic rings. The summed E-state index contributed by atoms with van der Waals surface area (Å²) in [6, 6.07) is 6.56. The average molecular weight is 378 g/mol. The summed E-state index contributed by atoms with van der Waals surface area (Å²) < 4.78 is 0.960. The molecule has 0 spiro atoms. The Morgan fingerprint density at radius 2 is 1.96 bits per heavy atom. The van der Waals surface area contributed by atoms with E-state index < -0.39 is 17.1 Å². The fourth-order valence-corrected chi connectivity index (χ4v) is 3.02. The SMILES string of the molecule is O=c1[nH]c(=O)n(-c2ccccc2Cl)c(O)c1C=NCCN1CCNCC1. The average Bonchev–Trinajstić information content (AvgIpc) is 2.63. The van der Waals surface area contributed by atoms with Crippen molar-refractivity contribution >= 4 is 17.8 Å². The van der Waals surface area contributed by atoms with E-state index in [1.807, 2.05) is 0 Å². The predicted octanol–water partition coefficient (Wildman–Crippen LogP) is 0.209. The van der Waals surface area contributed by atoms with E-state index in [0.717, 1.165) is 37.3 Å². The van der Waals surface area contributed by atoms with Crippen LogP contribution in [0.1, 0.15) is 5.56 Å². The molecule has 0 unspecified atom stereocenters. The van der Waals surface area contributed by atoms with E-state index in [1.54, 1.807) is 24.3 Å². The number of halogens is 1. The molecule has 0 bridgehead atoms. The normalized spacial score (nSPS) is 15.6. The summed E-state index contributed by atoms with van der Waals surface area (Å²) in [7, 11) is 0. The summed E-state index contributed by atoms with van der Waals surface area (Å²) in [6.07, 6.45) is 1.29. The molecule has 1 fully saturated rings. The van der Waals surface area contributed by atoms with Crippen LogP contribution in [0.15, 0.2) is 38.8 Å². The van der Waals surface area contributed by atoms with Crippen LogP contribution in [0.3, 0.4) is 0 Å². The molecule has 3 rings (SSSR count). The van der Waals surface area contributed by atoms with Gasteiger partial charge in [0.15, 0.2) is 0 Å². The number of piperazine rings is 1. The van der Waals surface area contributed by atoms with Gasteiger partial charge in [0, 0.05) is 38.9 Å². The highest BCUT2D eigenvalue weighted by Crippen LogP contribution is 2.22. The Balaban J connectivity index is 1.84. The quantitative estimate of drug-likeness (QED) is 0.646. The first-order chi connectivity index (χ1) is 12.6. The van der Waals surface area contributed by atoms with E-state index in [1.165, 1.54) is 6.21 Å². The van der Waals surface area contributed by atoms with Gasteiger partial charge in [0.25, 0.3) is 5.56 Å². The molecule has 2 heterocycles. The Bertz CT molecular complexity index is 915. The van der Waals surface area contributed by atoms with Gasteiger partial charge in [-0.2, -0.15) is 0 Å². The molecule has 1 saturated heterocycles. The molecule has 26 heavy (non-hydrogen) atoms. The molecule has 1 aliphatic heterocycles. The van der Waals surface area contributed by atoms with Crippen LogP contribution in [0, 0.1) is 0 Å². The van der Waals surface area contributed by atoms with Gasteiger partial charge >= 0.3 is 5.69 Å². The number of para-hydroxylation sites is 1. The fourth-order valence-electron chi connectivity index (χ4n) is 2.80. The number of aromatic hydroxyl groups is 1. The molecular weight excluding hydrogens is 358 g/mol. The van der Waals surface area contributed by atoms with Crippen molar-refractivity contribution in [2.24, 2.45) is 4.99 Å². The fraction of sp³-hybridized carbons (Fsp3) is 0.353. The van der Waals surface area contributed by atoms with Crippen molar-refractivity contribution in [3.05, 3.63) is 55.7 Å². The maximum absolute atomic E-state index is 12.1. The van der Waals surface area contributed by atoms with Crippen molar-refractivity contribution in [3.63, 3.8) is 0 Å². The van der Waals surface area contributed by atoms with Crippen molar-refractivity contribution in [1.29, 1.82) is 0 Å². The minimum Gasteiger partial charge on any atom is -0.493 e. The van der Waals surface area contributed by atoms with Gasteiger partial charge < -0.3 is 10.4 Å². The van der Waals surface area contributed by atoms with Crippen LogP contribution in [0.4, 0.5) is 0 Å². The van der Waals surface area contributed by atoms with Gasteiger partial charge in [0.05, 0.1) is 17.3 Å². The van der Waals surface area contributed by atoms with Gasteiger partial charge in [0.1, 0.15) is 5.56 Å². The Kier molecular flexibility index (Phi) is 5.87. The highest BCUT2D eigenvalue weighted by Gasteiger charge is 2.16. The zero-order valence-corrected chi connectivity index (χ0v) is 14.9. The first-order valence-electron chi connectivity index (χ1n) is 8.34. The van der Waals surface area contributed by atoms with Crippen LogP contribution in [-0.2, 0) is 0 Å². The van der Waals surface area contributed by atoms with Crippen LogP contribution in [0.5, 0.6) is 5.88 Å². The number of aromatic nitrogens is 2. The Morgan fingerprint density at radius 1 is 1.23 bits per heavy atom. The first-order valence-corrected chi connectivity index (χ1v) is 8.72. The summed E-state index contributed by atoms with van der Waals surface area (Å²) >= 11 is 6.10. The molecule has 138 valence electrons. The topological polar surface area (TPSA) is 103 Å². The first kappa shape index (κ1) is 18.4. The third-order valence-corrected chi connectivity index (χ3v) is 4.51. The highest BCUT2D eigenvalue weighted by atomic mass is 35.5. The minimum absolute atomic E-state index is 0.0789. The number of aliphatic imine (C=N–C) groups is 1. The second-order valence-corrected chi connectivity index (χ2v) is 6.32. The Labute approximate surface area is 154 Å². The number of hydrogen-bond donors (Lipinski definition) is 3. The van der Waals surface area contributed by atoms with Crippen LogP contribution in [0.2, 0.25) is 5.02 Å². The lowest BCUT2D eigenvalue weighted by Gasteiger charge is -2.26. The van der Waals surface area contributed by atoms with Gasteiger partial charge in [-0.25, -0.2) is 9.36 Å². The molecule has 0 amide bonds. The molecule has 9 heteroatoms. The summed E-state index contributed by atoms with van der Waals surface area (Å²) in [5, 5.41) is 14.0. The van der Waals surface area contributed by atoms with Crippen molar-refractivity contribution in [2.75, 3.05) is 39.3 Å². The van der Waals surface area contributed by atoms with Crippen LogP contribution >= 0.6 is 11.6 Å². The van der Waals surface area contributed by atoms with E-state index >= 15 is 0 Å². The number of aromatic amines is 1. The van der Waals surface area contributed by atoms with Gasteiger partial charge in [-0.15, -0.1) is 0 Å². The molecule has 1 aromatic carbocycles. The monoisotopic (exact) mass is 377 g/mol. The summed E-state index contributed by atoms with van der Waals surface area (Å²) in [5.74, 6) is -0.488. The van der Waals surface area contributed by atoms with Crippen molar-refractivity contribution in [3.8, 4) is 11.6 Å². The molecular formula is C17H20ClN5O3. The lowest BCUT2D eigenvalue weighted by Crippen LogP contribution is -2.44. The number of nitrogens with one attached hydrogen (secondary N) is 2. The van der Waals surface area contributed by atoms with Crippen LogP contribution < -0.4 is 16.6 Å². The standard InChI is InChI=1S/C17H20ClN5O3/c18-13-3-1-2-4-14(13)23-16(25)12(15(24)21-17(23)26)11-20-7-10-22-8-5-19-6-9-22/h1-4,11,19,25H,5-10H2,(H,21,24,26). The molecule has 8 nitrogen and oxygen atoms in total. The summed E-state index contributed by atoms with van der Waals surface area (Å²) in [5.41, 5.74) is -1.26. The molecule has 1 aromatic heterocycles. The second-order valence-electron chi connectivity index (χ2n) is 5.91. The maximum Gasteiger partial charge on any atom is 0.335 e. The smallest absolute Gasteiger partial charge is 0.335 e. The van der Waals surface area contributed by atoms with Crippen molar-refractivity contribution in [1.82, 2.24) is 19.8 Å². The van der Waals surface area contributed by atoms with Crippen LogP contribution in [0.25, 0.3) is 5.69 Å². The summed E-state index contributed by atoms with van der Waals surface area (Å²) in [6.45, 7) is 5.07. The van der Waals surface area contributed by atoms with Crippen molar-refractivity contribution in [2.45, 2.75) is 0 Å². The lowest BCUT2D eigenvalue weighted by atomic mass is 10.3. The lowest BCUT2D eigenvalue weighted by molar-refractivity contribution is 0.248. The second kappa shape index (κ2) is 8.31. The number of benzene rings is 1. The van der Waals surface area contributed by atoms with E-state index in [-0.39, 0.29) is 16.3 Å². The third-order valence-electron chi connectivity index (χ3n) is 4.19. The van der Waals surface area contributed by atoms with E-state index in [0.29, 0.717) is 6.54 Å². The number of nitrogens with zero attached hydrogens (tertiary/aromatic N) is 3. The maximum atomic E-state index is 12.1. The Morgan fingerprint density at radius 3 is 2.69 bits per heavy atom. The van der Waals surface area contributed by atoms with Crippen LogP contribution in [-0.4, -0.2) is 65.0 Å². The number of rotatable bonds is 5. The van der Waals surface area contributed by atoms with Crippen molar-refractivity contribution < 1.29 is 5.11 Å². The largest absolute Gasteiger partial charge is 0.493 e. The highest BCUT2D eigenvalue weighted by molar-refractivity contribution is 6.32. The predicted molar refractivity (Wildman–Crippen MR) is 101 cm³/mol. The number of H-pyrrole nitrogens is 1. The molecule has 0 radical (unpaired) electrons. The zero-order chi connectivity index (χ0) is 18.5. The Hall–Kier alpha value is -2.42. The summed E-state index contributed by atoms with van der Waals surface area (Å²) in [4.78, 5) is 32.9. The molecule has 0 aliphatic carbocycles. The molecule has 0 saturated carbocycles. The third kappa shape index (κ3) is 4.04.